The molecule has 21 heavy (non-hydrogen) atoms. The van der Waals surface area contributed by atoms with Gasteiger partial charge < -0.3 is 9.64 Å². The number of benzene rings is 1. The van der Waals surface area contributed by atoms with Crippen LogP contribution in [0.5, 0.6) is 5.75 Å². The summed E-state index contributed by atoms with van der Waals surface area (Å²) in [5, 5.41) is 9.41. The summed E-state index contributed by atoms with van der Waals surface area (Å²) in [5.74, 6) is 0.547. The molecule has 1 fully saturated rings. The zero-order valence-electron chi connectivity index (χ0n) is 12.8. The Kier molecular flexibility index (Phi) is 5.21. The number of hydrogen-bond acceptors (Lipinski definition) is 3. The van der Waals surface area contributed by atoms with Crippen LogP contribution in [0.3, 0.4) is 0 Å². The third-order valence-corrected chi connectivity index (χ3v) is 4.08. The van der Waals surface area contributed by atoms with Gasteiger partial charge in [-0.05, 0) is 36.5 Å². The second kappa shape index (κ2) is 7.12. The Hall–Kier alpha value is -2.02. The molecule has 1 saturated heterocycles. The molecule has 0 aromatic heterocycles. The molecule has 1 atom stereocenters. The molecular formula is C17H22N2O2. The van der Waals surface area contributed by atoms with Crippen molar-refractivity contribution in [2.75, 3.05) is 20.2 Å². The molecule has 1 amide bonds. The third kappa shape index (κ3) is 3.55. The van der Waals surface area contributed by atoms with Crippen LogP contribution in [0.25, 0.3) is 0 Å². The molecule has 0 spiro atoms. The molecule has 112 valence electrons. The average Bonchev–Trinajstić information content (AvgIpc) is 3.06. The highest BCUT2D eigenvalue weighted by atomic mass is 16.5. The predicted molar refractivity (Wildman–Crippen MR) is 81.2 cm³/mol. The van der Waals surface area contributed by atoms with E-state index < -0.39 is 0 Å². The zero-order valence-corrected chi connectivity index (χ0v) is 12.8. The van der Waals surface area contributed by atoms with Gasteiger partial charge in [-0.3, -0.25) is 4.79 Å². The summed E-state index contributed by atoms with van der Waals surface area (Å²) in [5.41, 5.74) is 1.98. The zero-order chi connectivity index (χ0) is 15.2. The molecule has 0 aliphatic carbocycles. The minimum absolute atomic E-state index is 0.0907. The van der Waals surface area contributed by atoms with Crippen molar-refractivity contribution in [1.29, 1.82) is 5.26 Å². The van der Waals surface area contributed by atoms with Gasteiger partial charge in [0.05, 0.1) is 19.1 Å². The van der Waals surface area contributed by atoms with E-state index in [1.54, 1.807) is 7.11 Å². The molecule has 1 aromatic rings. The van der Waals surface area contributed by atoms with Gasteiger partial charge in [0.25, 0.3) is 0 Å². The first kappa shape index (κ1) is 15.4. The van der Waals surface area contributed by atoms with Crippen molar-refractivity contribution in [3.63, 3.8) is 0 Å². The van der Waals surface area contributed by atoms with E-state index in [0.717, 1.165) is 49.2 Å². The molecular weight excluding hydrogens is 264 g/mol. The lowest BCUT2D eigenvalue weighted by atomic mass is 9.94. The monoisotopic (exact) mass is 286 g/mol. The molecule has 4 heteroatoms. The van der Waals surface area contributed by atoms with Crippen molar-refractivity contribution < 1.29 is 9.53 Å². The van der Waals surface area contributed by atoms with E-state index in [2.05, 4.69) is 13.0 Å². The standard InChI is InChI=1S/C17H22N2O2/c1-3-13-10-14(6-7-16(13)21-2)15(12-18)11-17(20)19-8-4-5-9-19/h6-7,10,15H,3-5,8-9,11H2,1-2H3. The maximum Gasteiger partial charge on any atom is 0.224 e. The van der Waals surface area contributed by atoms with E-state index in [-0.39, 0.29) is 18.2 Å². The van der Waals surface area contributed by atoms with Gasteiger partial charge in [0.15, 0.2) is 0 Å². The molecule has 1 heterocycles. The van der Waals surface area contributed by atoms with Gasteiger partial charge in [-0.2, -0.15) is 5.26 Å². The van der Waals surface area contributed by atoms with Crippen molar-refractivity contribution in [1.82, 2.24) is 4.90 Å². The van der Waals surface area contributed by atoms with Crippen LogP contribution in [0.15, 0.2) is 18.2 Å². The number of amides is 1. The first-order chi connectivity index (χ1) is 10.2. The average molecular weight is 286 g/mol. The number of nitriles is 1. The molecule has 4 nitrogen and oxygen atoms in total. The van der Waals surface area contributed by atoms with Gasteiger partial charge in [0.1, 0.15) is 5.75 Å². The topological polar surface area (TPSA) is 53.3 Å². The van der Waals surface area contributed by atoms with Gasteiger partial charge in [-0.25, -0.2) is 0 Å². The normalized spacial score (nSPS) is 15.6. The summed E-state index contributed by atoms with van der Waals surface area (Å²) in [6.07, 6.45) is 3.26. The second-order valence-corrected chi connectivity index (χ2v) is 5.40. The number of ether oxygens (including phenoxy) is 1. The lowest BCUT2D eigenvalue weighted by Gasteiger charge is -2.18. The molecule has 2 rings (SSSR count). The Morgan fingerprint density at radius 2 is 2.14 bits per heavy atom. The Morgan fingerprint density at radius 3 is 2.71 bits per heavy atom. The summed E-state index contributed by atoms with van der Waals surface area (Å²) in [6.45, 7) is 3.72. The number of aryl methyl sites for hydroxylation is 1. The highest BCUT2D eigenvalue weighted by Crippen LogP contribution is 2.27. The fourth-order valence-corrected chi connectivity index (χ4v) is 2.80. The van der Waals surface area contributed by atoms with Crippen molar-refractivity contribution in [2.24, 2.45) is 0 Å². The Balaban J connectivity index is 2.13. The van der Waals surface area contributed by atoms with Crippen LogP contribution in [0.1, 0.15) is 43.2 Å². The molecule has 1 aliphatic heterocycles. The van der Waals surface area contributed by atoms with E-state index in [1.165, 1.54) is 0 Å². The number of rotatable bonds is 5. The first-order valence-electron chi connectivity index (χ1n) is 7.53. The molecule has 1 unspecified atom stereocenters. The lowest BCUT2D eigenvalue weighted by molar-refractivity contribution is -0.130. The molecule has 0 radical (unpaired) electrons. The smallest absolute Gasteiger partial charge is 0.224 e. The van der Waals surface area contributed by atoms with Crippen molar-refractivity contribution in [3.05, 3.63) is 29.3 Å². The fourth-order valence-electron chi connectivity index (χ4n) is 2.80. The van der Waals surface area contributed by atoms with Crippen LogP contribution in [0, 0.1) is 11.3 Å². The van der Waals surface area contributed by atoms with Crippen molar-refractivity contribution in [2.45, 2.75) is 38.5 Å². The minimum Gasteiger partial charge on any atom is -0.496 e. The summed E-state index contributed by atoms with van der Waals surface area (Å²) in [4.78, 5) is 14.1. The van der Waals surface area contributed by atoms with Gasteiger partial charge in [0.2, 0.25) is 5.91 Å². The van der Waals surface area contributed by atoms with E-state index in [1.807, 2.05) is 23.1 Å². The third-order valence-electron chi connectivity index (χ3n) is 4.08. The Bertz CT molecular complexity index is 542. The van der Waals surface area contributed by atoms with Gasteiger partial charge in [-0.1, -0.05) is 19.1 Å². The SMILES string of the molecule is CCc1cc(C(C#N)CC(=O)N2CCCC2)ccc1OC. The number of carbonyl (C=O) groups is 1. The van der Waals surface area contributed by atoms with Crippen molar-refractivity contribution in [3.8, 4) is 11.8 Å². The quantitative estimate of drug-likeness (QED) is 0.836. The second-order valence-electron chi connectivity index (χ2n) is 5.40. The number of methoxy groups -OCH3 is 1. The number of carbonyl (C=O) groups excluding carboxylic acids is 1. The molecule has 0 N–H and O–H groups in total. The van der Waals surface area contributed by atoms with Gasteiger partial charge in [-0.15, -0.1) is 0 Å². The van der Waals surface area contributed by atoms with Crippen LogP contribution in [0.4, 0.5) is 0 Å². The van der Waals surface area contributed by atoms with Crippen LogP contribution in [-0.4, -0.2) is 31.0 Å². The number of nitrogens with zero attached hydrogens (tertiary/aromatic N) is 2. The Labute approximate surface area is 126 Å². The highest BCUT2D eigenvalue weighted by Gasteiger charge is 2.23. The predicted octanol–water partition coefficient (Wildman–Crippen LogP) is 2.88. The van der Waals surface area contributed by atoms with E-state index in [0.29, 0.717) is 0 Å². The van der Waals surface area contributed by atoms with Crippen LogP contribution < -0.4 is 4.74 Å². The Morgan fingerprint density at radius 1 is 1.43 bits per heavy atom. The minimum atomic E-state index is -0.380. The number of hydrogen-bond donors (Lipinski definition) is 0. The fraction of sp³-hybridized carbons (Fsp3) is 0.529. The maximum absolute atomic E-state index is 12.2. The molecule has 1 aromatic carbocycles. The van der Waals surface area contributed by atoms with Gasteiger partial charge >= 0.3 is 0 Å². The molecule has 0 bridgehead atoms. The van der Waals surface area contributed by atoms with E-state index >= 15 is 0 Å². The summed E-state index contributed by atoms with van der Waals surface area (Å²) >= 11 is 0. The van der Waals surface area contributed by atoms with E-state index in [9.17, 15) is 10.1 Å². The summed E-state index contributed by atoms with van der Waals surface area (Å²) in [6, 6.07) is 8.04. The van der Waals surface area contributed by atoms with Crippen LogP contribution in [-0.2, 0) is 11.2 Å². The highest BCUT2D eigenvalue weighted by molar-refractivity contribution is 5.77. The van der Waals surface area contributed by atoms with Crippen LogP contribution in [0.2, 0.25) is 0 Å². The first-order valence-corrected chi connectivity index (χ1v) is 7.53. The molecule has 0 saturated carbocycles. The van der Waals surface area contributed by atoms with Crippen LogP contribution >= 0.6 is 0 Å². The maximum atomic E-state index is 12.2. The largest absolute Gasteiger partial charge is 0.496 e. The summed E-state index contributed by atoms with van der Waals surface area (Å²) in [7, 11) is 1.65. The van der Waals surface area contributed by atoms with Gasteiger partial charge in [0, 0.05) is 19.5 Å². The molecule has 1 aliphatic rings. The van der Waals surface area contributed by atoms with E-state index in [4.69, 9.17) is 4.74 Å². The number of likely N-dealkylation sites (tertiary alicyclic amines) is 1. The summed E-state index contributed by atoms with van der Waals surface area (Å²) < 4.78 is 5.31. The van der Waals surface area contributed by atoms with Crippen molar-refractivity contribution >= 4 is 5.91 Å². The lowest BCUT2D eigenvalue weighted by Crippen LogP contribution is -2.28.